The lowest BCUT2D eigenvalue weighted by molar-refractivity contribution is -0.135. The average molecular weight is 523 g/mol. The highest BCUT2D eigenvalue weighted by Gasteiger charge is 2.36. The molecule has 2 unspecified atom stereocenters. The minimum atomic E-state index is -0.709. The molecule has 0 fully saturated rings. The molecule has 2 aromatic carbocycles. The van der Waals surface area contributed by atoms with Crippen LogP contribution < -0.4 is 5.32 Å². The van der Waals surface area contributed by atoms with Crippen molar-refractivity contribution in [2.45, 2.75) is 32.9 Å². The van der Waals surface area contributed by atoms with Gasteiger partial charge in [0.25, 0.3) is 0 Å². The Hall–Kier alpha value is -4.84. The maximum atomic E-state index is 13.5. The number of H-pyrrole nitrogens is 2. The summed E-state index contributed by atoms with van der Waals surface area (Å²) >= 11 is 0. The number of carbonyl (C=O) groups excluding carboxylic acids is 2. The molecule has 0 saturated heterocycles. The molecule has 3 heterocycles. The summed E-state index contributed by atoms with van der Waals surface area (Å²) < 4.78 is 4.73. The molecule has 2 atom stereocenters. The third-order valence-electron chi connectivity index (χ3n) is 6.70. The molecule has 2 amide bonds. The van der Waals surface area contributed by atoms with Crippen LogP contribution in [0.3, 0.4) is 0 Å². The van der Waals surface area contributed by atoms with E-state index in [1.165, 1.54) is 7.11 Å². The molecule has 3 N–H and O–H groups in total. The van der Waals surface area contributed by atoms with Crippen LogP contribution in [-0.4, -0.2) is 56.5 Å². The number of nitrogens with zero attached hydrogens (tertiary/aromatic N) is 3. The molecule has 198 valence electrons. The van der Waals surface area contributed by atoms with Gasteiger partial charge in [0.05, 0.1) is 36.4 Å². The Morgan fingerprint density at radius 1 is 1.13 bits per heavy atom. The molecule has 5 rings (SSSR count). The predicted molar refractivity (Wildman–Crippen MR) is 148 cm³/mol. The SMILES string of the molecule is COC(=O)NC(C(=O)N1CC(C)=CC1c1nc2ccc(C#Cc3ccc(-c4cnc[nH]4)cc3)cc2[nH]1)C(C)C. The van der Waals surface area contributed by atoms with Crippen molar-refractivity contribution in [2.24, 2.45) is 5.92 Å². The van der Waals surface area contributed by atoms with Crippen molar-refractivity contribution in [1.82, 2.24) is 30.2 Å². The Morgan fingerprint density at radius 2 is 1.87 bits per heavy atom. The Labute approximate surface area is 226 Å². The van der Waals surface area contributed by atoms with Crippen molar-refractivity contribution in [2.75, 3.05) is 13.7 Å². The molecule has 9 heteroatoms. The normalized spacial score (nSPS) is 15.6. The monoisotopic (exact) mass is 522 g/mol. The average Bonchev–Trinajstić information content (AvgIpc) is 3.69. The Bertz CT molecular complexity index is 1590. The molecule has 4 aromatic rings. The van der Waals surface area contributed by atoms with Gasteiger partial charge in [0.2, 0.25) is 5.91 Å². The molecule has 9 nitrogen and oxygen atoms in total. The summed E-state index contributed by atoms with van der Waals surface area (Å²) in [6.07, 6.45) is 4.84. The van der Waals surface area contributed by atoms with Gasteiger partial charge in [-0.15, -0.1) is 0 Å². The highest BCUT2D eigenvalue weighted by atomic mass is 16.5. The number of hydrogen-bond acceptors (Lipinski definition) is 5. The molecule has 39 heavy (non-hydrogen) atoms. The number of nitrogens with one attached hydrogen (secondary N) is 3. The number of benzene rings is 2. The number of hydrogen-bond donors (Lipinski definition) is 3. The van der Waals surface area contributed by atoms with Gasteiger partial charge >= 0.3 is 6.09 Å². The first-order valence-corrected chi connectivity index (χ1v) is 12.7. The maximum Gasteiger partial charge on any atom is 0.407 e. The van der Waals surface area contributed by atoms with E-state index in [2.05, 4.69) is 32.1 Å². The topological polar surface area (TPSA) is 116 Å². The first-order valence-electron chi connectivity index (χ1n) is 12.7. The number of carbonyl (C=O) groups is 2. The zero-order valence-electron chi connectivity index (χ0n) is 22.3. The Morgan fingerprint density at radius 3 is 2.56 bits per heavy atom. The van der Waals surface area contributed by atoms with Crippen LogP contribution in [0.25, 0.3) is 22.3 Å². The van der Waals surface area contributed by atoms with E-state index in [9.17, 15) is 9.59 Å². The van der Waals surface area contributed by atoms with Gasteiger partial charge in [-0.3, -0.25) is 4.79 Å². The standard InChI is InChI=1S/C30H30N6O3/c1-18(2)27(35-30(38)39-4)29(37)36-16-19(3)13-26(36)28-33-23-12-9-21(14-24(23)34-28)6-5-20-7-10-22(11-8-20)25-15-31-17-32-25/h7-15,17-18,26-27H,16H2,1-4H3,(H,31,32)(H,33,34)(H,35,38). The van der Waals surface area contributed by atoms with E-state index >= 15 is 0 Å². The van der Waals surface area contributed by atoms with Crippen molar-refractivity contribution in [3.63, 3.8) is 0 Å². The molecule has 1 aliphatic heterocycles. The second kappa shape index (κ2) is 10.9. The molecular weight excluding hydrogens is 492 g/mol. The van der Waals surface area contributed by atoms with E-state index in [1.807, 2.05) is 69.3 Å². The molecule has 0 aliphatic carbocycles. The zero-order chi connectivity index (χ0) is 27.5. The minimum Gasteiger partial charge on any atom is -0.453 e. The smallest absolute Gasteiger partial charge is 0.407 e. The molecule has 0 radical (unpaired) electrons. The summed E-state index contributed by atoms with van der Waals surface area (Å²) in [5.74, 6) is 6.81. The summed E-state index contributed by atoms with van der Waals surface area (Å²) in [5, 5.41) is 2.68. The Balaban J connectivity index is 1.36. The lowest BCUT2D eigenvalue weighted by Crippen LogP contribution is -2.51. The van der Waals surface area contributed by atoms with Crippen molar-refractivity contribution in [1.29, 1.82) is 0 Å². The van der Waals surface area contributed by atoms with E-state index in [1.54, 1.807) is 17.4 Å². The van der Waals surface area contributed by atoms with Crippen LogP contribution in [0.2, 0.25) is 0 Å². The number of rotatable bonds is 5. The third-order valence-corrected chi connectivity index (χ3v) is 6.70. The second-order valence-electron chi connectivity index (χ2n) is 9.93. The molecule has 1 aliphatic rings. The van der Waals surface area contributed by atoms with Crippen molar-refractivity contribution >= 4 is 23.0 Å². The number of methoxy groups -OCH3 is 1. The molecular formula is C30H30N6O3. The van der Waals surface area contributed by atoms with E-state index in [0.29, 0.717) is 12.4 Å². The first-order chi connectivity index (χ1) is 18.8. The van der Waals surface area contributed by atoms with Gasteiger partial charge in [0, 0.05) is 17.7 Å². The van der Waals surface area contributed by atoms with Gasteiger partial charge in [-0.1, -0.05) is 49.5 Å². The minimum absolute atomic E-state index is 0.114. The first kappa shape index (κ1) is 25.8. The van der Waals surface area contributed by atoms with Gasteiger partial charge in [-0.25, -0.2) is 14.8 Å². The van der Waals surface area contributed by atoms with Gasteiger partial charge in [0.15, 0.2) is 0 Å². The van der Waals surface area contributed by atoms with E-state index < -0.39 is 12.1 Å². The zero-order valence-corrected chi connectivity index (χ0v) is 22.3. The van der Waals surface area contributed by atoms with Gasteiger partial charge in [-0.05, 0) is 48.7 Å². The van der Waals surface area contributed by atoms with Crippen LogP contribution in [0.5, 0.6) is 0 Å². The quantitative estimate of drug-likeness (QED) is 0.262. The van der Waals surface area contributed by atoms with Crippen molar-refractivity contribution < 1.29 is 14.3 Å². The number of imidazole rings is 2. The van der Waals surface area contributed by atoms with E-state index in [4.69, 9.17) is 9.72 Å². The van der Waals surface area contributed by atoms with E-state index in [-0.39, 0.29) is 17.9 Å². The summed E-state index contributed by atoms with van der Waals surface area (Å²) in [6, 6.07) is 12.7. The number of ether oxygens (including phenoxy) is 1. The highest BCUT2D eigenvalue weighted by molar-refractivity contribution is 5.87. The van der Waals surface area contributed by atoms with Crippen LogP contribution in [0.4, 0.5) is 4.79 Å². The van der Waals surface area contributed by atoms with Crippen molar-refractivity contribution in [3.8, 4) is 23.1 Å². The molecule has 0 spiro atoms. The number of alkyl carbamates (subject to hydrolysis) is 1. The van der Waals surface area contributed by atoms with Gasteiger partial charge in [-0.2, -0.15) is 0 Å². The number of fused-ring (bicyclic) bond motifs is 1. The highest BCUT2D eigenvalue weighted by Crippen LogP contribution is 2.31. The summed E-state index contributed by atoms with van der Waals surface area (Å²) in [7, 11) is 1.28. The lowest BCUT2D eigenvalue weighted by Gasteiger charge is -2.30. The van der Waals surface area contributed by atoms with Gasteiger partial charge in [0.1, 0.15) is 17.9 Å². The van der Waals surface area contributed by atoms with Crippen LogP contribution in [0.1, 0.15) is 43.8 Å². The summed E-state index contributed by atoms with van der Waals surface area (Å²) in [5.41, 5.74) is 6.45. The van der Waals surface area contributed by atoms with Crippen LogP contribution >= 0.6 is 0 Å². The van der Waals surface area contributed by atoms with Gasteiger partial charge < -0.3 is 24.9 Å². The predicted octanol–water partition coefficient (Wildman–Crippen LogP) is 4.56. The van der Waals surface area contributed by atoms with Crippen LogP contribution in [0.15, 0.2) is 66.6 Å². The summed E-state index contributed by atoms with van der Waals surface area (Å²) in [6.45, 7) is 6.22. The van der Waals surface area contributed by atoms with Crippen LogP contribution in [-0.2, 0) is 9.53 Å². The maximum absolute atomic E-state index is 13.5. The second-order valence-corrected chi connectivity index (χ2v) is 9.93. The van der Waals surface area contributed by atoms with Crippen LogP contribution in [0, 0.1) is 17.8 Å². The fourth-order valence-corrected chi connectivity index (χ4v) is 4.64. The summed E-state index contributed by atoms with van der Waals surface area (Å²) in [4.78, 5) is 42.4. The number of amides is 2. The molecule has 0 saturated carbocycles. The fourth-order valence-electron chi connectivity index (χ4n) is 4.64. The largest absolute Gasteiger partial charge is 0.453 e. The van der Waals surface area contributed by atoms with Crippen molar-refractivity contribution in [3.05, 3.63) is 83.6 Å². The Kier molecular flexibility index (Phi) is 7.19. The van der Waals surface area contributed by atoms with E-state index in [0.717, 1.165) is 39.0 Å². The third kappa shape index (κ3) is 5.55. The molecule has 0 bridgehead atoms. The number of aromatic amines is 2. The lowest BCUT2D eigenvalue weighted by atomic mass is 10.0. The fraction of sp³-hybridized carbons (Fsp3) is 0.267. The number of aromatic nitrogens is 4. The molecule has 2 aromatic heterocycles.